The molecule has 0 amide bonds. The topological polar surface area (TPSA) is 30.9 Å². The van der Waals surface area contributed by atoms with Gasteiger partial charge >= 0.3 is 0 Å². The Morgan fingerprint density at radius 1 is 0.721 bits per heavy atom. The van der Waals surface area contributed by atoms with Crippen LogP contribution in [0, 0.1) is 46.3 Å². The van der Waals surface area contributed by atoms with Crippen molar-refractivity contribution in [2.75, 3.05) is 46.1 Å². The van der Waals surface area contributed by atoms with Crippen LogP contribution in [-0.2, 0) is 14.2 Å². The number of fused-ring (bicyclic) bond motifs is 5. The summed E-state index contributed by atoms with van der Waals surface area (Å²) >= 11 is 0. The lowest BCUT2D eigenvalue weighted by atomic mass is 9.47. The Labute approximate surface area is 379 Å². The smallest absolute Gasteiger partial charge is 0.0934 e. The van der Waals surface area contributed by atoms with Gasteiger partial charge in [0.2, 0.25) is 0 Å². The Balaban J connectivity index is 0.927. The van der Waals surface area contributed by atoms with Gasteiger partial charge in [-0.3, -0.25) is 0 Å². The first kappa shape index (κ1) is 51.1. The molecule has 4 unspecified atom stereocenters. The third-order valence-electron chi connectivity index (χ3n) is 17.2. The fourth-order valence-corrected chi connectivity index (χ4v) is 13.5. The molecule has 1 saturated heterocycles. The molecule has 0 radical (unpaired) electrons. The highest BCUT2D eigenvalue weighted by molar-refractivity contribution is 5.25. The monoisotopic (exact) mass is 848 g/mol. The maximum Gasteiger partial charge on any atom is 0.0934 e. The number of allylic oxidation sites excluding steroid dienone is 5. The van der Waals surface area contributed by atoms with Gasteiger partial charge in [0.05, 0.1) is 18.8 Å². The van der Waals surface area contributed by atoms with Crippen LogP contribution in [0.4, 0.5) is 0 Å². The Morgan fingerprint density at radius 2 is 1.44 bits per heavy atom. The number of nitrogens with zero attached hydrogens (tertiary/aromatic N) is 1. The molecule has 61 heavy (non-hydrogen) atoms. The third-order valence-corrected chi connectivity index (χ3v) is 17.2. The van der Waals surface area contributed by atoms with Gasteiger partial charge in [0.1, 0.15) is 0 Å². The molecule has 5 rings (SSSR count). The minimum absolute atomic E-state index is 0.188. The van der Waals surface area contributed by atoms with E-state index in [0.29, 0.717) is 16.9 Å². The van der Waals surface area contributed by atoms with E-state index in [2.05, 4.69) is 76.8 Å². The minimum atomic E-state index is 0.188. The van der Waals surface area contributed by atoms with Crippen LogP contribution < -0.4 is 0 Å². The minimum Gasteiger partial charge on any atom is -0.379 e. The molecular formula is C57H101NO3. The lowest BCUT2D eigenvalue weighted by Gasteiger charge is -2.58. The van der Waals surface area contributed by atoms with Gasteiger partial charge in [-0.15, -0.1) is 0 Å². The lowest BCUT2D eigenvalue weighted by Crippen LogP contribution is -2.51. The first-order chi connectivity index (χ1) is 29.7. The van der Waals surface area contributed by atoms with Gasteiger partial charge in [0.15, 0.2) is 0 Å². The number of piperidine rings is 1. The average Bonchev–Trinajstić information content (AvgIpc) is 3.62. The van der Waals surface area contributed by atoms with Gasteiger partial charge in [-0.05, 0) is 175 Å². The summed E-state index contributed by atoms with van der Waals surface area (Å²) in [6.07, 6.45) is 49.7. The SMILES string of the molecule is CCCCC/C=C\C/C=C\CCCCCCCCOCC(CN1CCCCC1)OCCCCO[C@H]1CC[C@@]2(C)C(=CCC3C2CC[C@@]2(C)C3CC[C@@H]2[C@H](C)CCCC(C)C)C1. The molecule has 0 aromatic rings. The zero-order chi connectivity index (χ0) is 43.2. The summed E-state index contributed by atoms with van der Waals surface area (Å²) in [5.41, 5.74) is 2.75. The lowest BCUT2D eigenvalue weighted by molar-refractivity contribution is -0.0649. The van der Waals surface area contributed by atoms with Crippen molar-refractivity contribution in [2.24, 2.45) is 46.3 Å². The quantitative estimate of drug-likeness (QED) is 0.0514. The summed E-state index contributed by atoms with van der Waals surface area (Å²) in [5.74, 6) is 5.44. The van der Waals surface area contributed by atoms with Gasteiger partial charge < -0.3 is 19.1 Å². The number of likely N-dealkylation sites (tertiary alicyclic amines) is 1. The Kier molecular flexibility index (Phi) is 23.6. The van der Waals surface area contributed by atoms with E-state index < -0.39 is 0 Å². The highest BCUT2D eigenvalue weighted by Crippen LogP contribution is 2.67. The fourth-order valence-electron chi connectivity index (χ4n) is 13.5. The summed E-state index contributed by atoms with van der Waals surface area (Å²) in [6.45, 7) is 21.9. The second-order valence-electron chi connectivity index (χ2n) is 22.2. The molecule has 4 aliphatic carbocycles. The second-order valence-corrected chi connectivity index (χ2v) is 22.2. The summed E-state index contributed by atoms with van der Waals surface area (Å²) in [6, 6.07) is 0. The van der Waals surface area contributed by atoms with Crippen LogP contribution in [0.3, 0.4) is 0 Å². The van der Waals surface area contributed by atoms with E-state index in [1.165, 1.54) is 174 Å². The van der Waals surface area contributed by atoms with Crippen molar-refractivity contribution >= 4 is 0 Å². The zero-order valence-corrected chi connectivity index (χ0v) is 41.4. The first-order valence-corrected chi connectivity index (χ1v) is 27.3. The van der Waals surface area contributed by atoms with E-state index in [0.717, 1.165) is 87.7 Å². The molecule has 0 bridgehead atoms. The van der Waals surface area contributed by atoms with Crippen LogP contribution in [0.1, 0.15) is 221 Å². The number of ether oxygens (including phenoxy) is 3. The van der Waals surface area contributed by atoms with Gasteiger partial charge in [-0.2, -0.15) is 0 Å². The molecule has 0 aromatic heterocycles. The molecule has 0 N–H and O–H groups in total. The normalized spacial score (nSPS) is 30.5. The van der Waals surface area contributed by atoms with Crippen molar-refractivity contribution in [1.29, 1.82) is 0 Å². The van der Waals surface area contributed by atoms with Crippen molar-refractivity contribution in [2.45, 2.75) is 234 Å². The molecule has 3 saturated carbocycles. The molecule has 0 aromatic carbocycles. The van der Waals surface area contributed by atoms with Crippen molar-refractivity contribution in [3.63, 3.8) is 0 Å². The van der Waals surface area contributed by atoms with E-state index >= 15 is 0 Å². The zero-order valence-electron chi connectivity index (χ0n) is 41.4. The molecular weight excluding hydrogens is 747 g/mol. The number of rotatable bonds is 31. The fraction of sp³-hybridized carbons (Fsp3) is 0.895. The number of unbranched alkanes of at least 4 members (excludes halogenated alkanes) is 10. The molecule has 352 valence electrons. The van der Waals surface area contributed by atoms with E-state index in [-0.39, 0.29) is 6.10 Å². The highest BCUT2D eigenvalue weighted by atomic mass is 16.5. The predicted octanol–water partition coefficient (Wildman–Crippen LogP) is 15.9. The first-order valence-electron chi connectivity index (χ1n) is 27.3. The third kappa shape index (κ3) is 16.5. The van der Waals surface area contributed by atoms with Crippen molar-refractivity contribution in [3.05, 3.63) is 36.0 Å². The maximum atomic E-state index is 6.65. The maximum absolute atomic E-state index is 6.65. The van der Waals surface area contributed by atoms with Crippen LogP contribution in [-0.4, -0.2) is 63.2 Å². The summed E-state index contributed by atoms with van der Waals surface area (Å²) < 4.78 is 19.5. The molecule has 4 nitrogen and oxygen atoms in total. The number of hydrogen-bond donors (Lipinski definition) is 0. The van der Waals surface area contributed by atoms with E-state index in [9.17, 15) is 0 Å². The van der Waals surface area contributed by atoms with Crippen molar-refractivity contribution in [3.8, 4) is 0 Å². The largest absolute Gasteiger partial charge is 0.379 e. The van der Waals surface area contributed by atoms with Gasteiger partial charge in [-0.1, -0.05) is 142 Å². The van der Waals surface area contributed by atoms with Gasteiger partial charge in [0.25, 0.3) is 0 Å². The van der Waals surface area contributed by atoms with Crippen molar-refractivity contribution < 1.29 is 14.2 Å². The van der Waals surface area contributed by atoms with Gasteiger partial charge in [-0.25, -0.2) is 0 Å². The van der Waals surface area contributed by atoms with E-state index in [1.54, 1.807) is 5.57 Å². The highest BCUT2D eigenvalue weighted by Gasteiger charge is 2.59. The molecule has 5 aliphatic rings. The molecule has 0 spiro atoms. The van der Waals surface area contributed by atoms with Crippen LogP contribution in [0.15, 0.2) is 36.0 Å². The molecule has 4 heteroatoms. The van der Waals surface area contributed by atoms with E-state index in [1.807, 2.05) is 0 Å². The standard InChI is InChI=1S/C57H101NO3/c1-7-8-9-10-11-12-13-14-15-16-17-18-19-20-21-25-41-59-46-51(45-58-39-23-22-24-40-58)61-43-27-26-42-60-50-35-37-56(5)49(44-50)31-32-52-54-34-33-53(48(4)30-28-29-47(2)3)57(54,6)38-36-55(52)56/h11-12,14-15,31,47-48,50-55H,7-10,13,16-30,32-46H2,1-6H3/b12-11-,15-14-/t48-,50+,51?,52?,53-,54?,55?,56+,57-/m1/s1. The molecule has 1 heterocycles. The van der Waals surface area contributed by atoms with Crippen LogP contribution in [0.25, 0.3) is 0 Å². The summed E-state index contributed by atoms with van der Waals surface area (Å²) in [5, 5.41) is 0. The Hall–Kier alpha value is -0.940. The molecule has 9 atom stereocenters. The van der Waals surface area contributed by atoms with Crippen LogP contribution >= 0.6 is 0 Å². The average molecular weight is 848 g/mol. The Morgan fingerprint density at radius 3 is 2.21 bits per heavy atom. The summed E-state index contributed by atoms with van der Waals surface area (Å²) in [4.78, 5) is 2.62. The van der Waals surface area contributed by atoms with Crippen molar-refractivity contribution in [1.82, 2.24) is 4.90 Å². The van der Waals surface area contributed by atoms with E-state index in [4.69, 9.17) is 14.2 Å². The summed E-state index contributed by atoms with van der Waals surface area (Å²) in [7, 11) is 0. The predicted molar refractivity (Wildman–Crippen MR) is 262 cm³/mol. The van der Waals surface area contributed by atoms with Gasteiger partial charge in [0, 0.05) is 26.4 Å². The second kappa shape index (κ2) is 28.2. The van der Waals surface area contributed by atoms with Crippen LogP contribution in [0.5, 0.6) is 0 Å². The molecule has 1 aliphatic heterocycles. The number of hydrogen-bond acceptors (Lipinski definition) is 4. The van der Waals surface area contributed by atoms with Crippen LogP contribution in [0.2, 0.25) is 0 Å². The Bertz CT molecular complexity index is 1250. The molecule has 4 fully saturated rings.